The molecule has 0 saturated carbocycles. The van der Waals surface area contributed by atoms with Crippen molar-refractivity contribution in [2.45, 2.75) is 6.54 Å². The van der Waals surface area contributed by atoms with Crippen LogP contribution in [0.25, 0.3) is 11.3 Å². The summed E-state index contributed by atoms with van der Waals surface area (Å²) in [7, 11) is 4.00. The predicted octanol–water partition coefficient (Wildman–Crippen LogP) is 3.87. The summed E-state index contributed by atoms with van der Waals surface area (Å²) in [6, 6.07) is 16.5. The summed E-state index contributed by atoms with van der Waals surface area (Å²) < 4.78 is 10.8. The Hall–Kier alpha value is -2.83. The molecular formula is C21H22ClN3O3. The number of nitrogens with zero attached hydrogens (tertiary/aromatic N) is 2. The number of rotatable bonds is 8. The second-order valence-corrected chi connectivity index (χ2v) is 6.94. The summed E-state index contributed by atoms with van der Waals surface area (Å²) in [6.07, 6.45) is 0. The first-order valence-electron chi connectivity index (χ1n) is 8.89. The van der Waals surface area contributed by atoms with E-state index in [9.17, 15) is 4.79 Å². The zero-order valence-corrected chi connectivity index (χ0v) is 16.6. The fourth-order valence-electron chi connectivity index (χ4n) is 2.50. The minimum absolute atomic E-state index is 0.138. The van der Waals surface area contributed by atoms with E-state index in [0.29, 0.717) is 23.9 Å². The van der Waals surface area contributed by atoms with Crippen LogP contribution in [0.2, 0.25) is 5.02 Å². The number of aromatic nitrogens is 1. The lowest BCUT2D eigenvalue weighted by molar-refractivity contribution is 0.0914. The van der Waals surface area contributed by atoms with Crippen molar-refractivity contribution in [3.63, 3.8) is 0 Å². The number of likely N-dealkylation sites (N-methyl/N-ethyl adjacent to an activating group) is 1. The Bertz CT molecular complexity index is 923. The molecule has 1 aromatic heterocycles. The molecule has 1 heterocycles. The Morgan fingerprint density at radius 1 is 1.18 bits per heavy atom. The summed E-state index contributed by atoms with van der Waals surface area (Å²) >= 11 is 6.15. The van der Waals surface area contributed by atoms with E-state index < -0.39 is 0 Å². The van der Waals surface area contributed by atoms with Crippen LogP contribution in [-0.4, -0.2) is 43.2 Å². The molecule has 0 fully saturated rings. The van der Waals surface area contributed by atoms with E-state index in [4.69, 9.17) is 20.9 Å². The fourth-order valence-corrected chi connectivity index (χ4v) is 2.73. The van der Waals surface area contributed by atoms with Gasteiger partial charge in [0.25, 0.3) is 5.91 Å². The highest BCUT2D eigenvalue weighted by Gasteiger charge is 2.15. The lowest BCUT2D eigenvalue weighted by Crippen LogP contribution is -2.22. The SMILES string of the molecule is CN(C)CCOc1ccc(CNC(=O)c2cc(-c3ccccc3Cl)no2)cc1. The lowest BCUT2D eigenvalue weighted by atomic mass is 10.1. The summed E-state index contributed by atoms with van der Waals surface area (Å²) in [5, 5.41) is 7.31. The predicted molar refractivity (Wildman–Crippen MR) is 109 cm³/mol. The molecule has 0 spiro atoms. The highest BCUT2D eigenvalue weighted by atomic mass is 35.5. The van der Waals surface area contributed by atoms with E-state index in [1.807, 2.05) is 56.6 Å². The topological polar surface area (TPSA) is 67.6 Å². The van der Waals surface area contributed by atoms with E-state index >= 15 is 0 Å². The maximum Gasteiger partial charge on any atom is 0.290 e. The Labute approximate surface area is 169 Å². The highest BCUT2D eigenvalue weighted by Crippen LogP contribution is 2.26. The quantitative estimate of drug-likeness (QED) is 0.622. The summed E-state index contributed by atoms with van der Waals surface area (Å²) in [5.74, 6) is 0.604. The van der Waals surface area contributed by atoms with Crippen LogP contribution < -0.4 is 10.1 Å². The second kappa shape index (κ2) is 9.39. The van der Waals surface area contributed by atoms with E-state index in [2.05, 4.69) is 15.4 Å². The van der Waals surface area contributed by atoms with Gasteiger partial charge in [-0.05, 0) is 37.9 Å². The zero-order valence-electron chi connectivity index (χ0n) is 15.8. The summed E-state index contributed by atoms with van der Waals surface area (Å²) in [6.45, 7) is 1.85. The molecule has 1 amide bonds. The Morgan fingerprint density at radius 3 is 2.64 bits per heavy atom. The molecule has 3 rings (SSSR count). The first-order valence-corrected chi connectivity index (χ1v) is 9.27. The fraction of sp³-hybridized carbons (Fsp3) is 0.238. The highest BCUT2D eigenvalue weighted by molar-refractivity contribution is 6.33. The first-order chi connectivity index (χ1) is 13.5. The molecule has 0 aliphatic carbocycles. The molecule has 1 N–H and O–H groups in total. The molecule has 0 radical (unpaired) electrons. The monoisotopic (exact) mass is 399 g/mol. The van der Waals surface area contributed by atoms with E-state index in [-0.39, 0.29) is 11.7 Å². The number of nitrogens with one attached hydrogen (secondary N) is 1. The number of ether oxygens (including phenoxy) is 1. The minimum atomic E-state index is -0.336. The number of carbonyl (C=O) groups excluding carboxylic acids is 1. The molecule has 0 aliphatic rings. The smallest absolute Gasteiger partial charge is 0.290 e. The van der Waals surface area contributed by atoms with Crippen LogP contribution in [0, 0.1) is 0 Å². The molecule has 28 heavy (non-hydrogen) atoms. The van der Waals surface area contributed by atoms with Crippen molar-refractivity contribution in [3.8, 4) is 17.0 Å². The van der Waals surface area contributed by atoms with Gasteiger partial charge >= 0.3 is 0 Å². The molecule has 7 heteroatoms. The largest absolute Gasteiger partial charge is 0.492 e. The van der Waals surface area contributed by atoms with Crippen molar-refractivity contribution in [1.82, 2.24) is 15.4 Å². The maximum absolute atomic E-state index is 12.3. The van der Waals surface area contributed by atoms with Crippen LogP contribution in [0.4, 0.5) is 0 Å². The lowest BCUT2D eigenvalue weighted by Gasteiger charge is -2.11. The molecule has 3 aromatic rings. The molecule has 0 saturated heterocycles. The van der Waals surface area contributed by atoms with Gasteiger partial charge in [0.1, 0.15) is 18.1 Å². The maximum atomic E-state index is 12.3. The number of benzene rings is 2. The van der Waals surface area contributed by atoms with Crippen molar-refractivity contribution in [2.75, 3.05) is 27.2 Å². The van der Waals surface area contributed by atoms with Crippen LogP contribution in [0.5, 0.6) is 5.75 Å². The molecular weight excluding hydrogens is 378 g/mol. The van der Waals surface area contributed by atoms with Crippen molar-refractivity contribution >= 4 is 17.5 Å². The van der Waals surface area contributed by atoms with E-state index in [1.165, 1.54) is 0 Å². The molecule has 6 nitrogen and oxygen atoms in total. The number of amides is 1. The molecule has 0 atom stereocenters. The number of carbonyl (C=O) groups is 1. The van der Waals surface area contributed by atoms with Gasteiger partial charge in [0.05, 0.1) is 5.02 Å². The molecule has 0 bridgehead atoms. The molecule has 0 aliphatic heterocycles. The molecule has 0 unspecified atom stereocenters. The van der Waals surface area contributed by atoms with Crippen molar-refractivity contribution in [3.05, 3.63) is 70.9 Å². The molecule has 146 valence electrons. The second-order valence-electron chi connectivity index (χ2n) is 6.53. The Balaban J connectivity index is 1.54. The Morgan fingerprint density at radius 2 is 1.93 bits per heavy atom. The van der Waals surface area contributed by atoms with Crippen LogP contribution in [0.1, 0.15) is 16.1 Å². The number of hydrogen-bond donors (Lipinski definition) is 1. The van der Waals surface area contributed by atoms with Gasteiger partial charge in [0.15, 0.2) is 0 Å². The molecule has 2 aromatic carbocycles. The van der Waals surface area contributed by atoms with E-state index in [0.717, 1.165) is 23.4 Å². The van der Waals surface area contributed by atoms with Crippen LogP contribution in [0.15, 0.2) is 59.1 Å². The normalized spacial score (nSPS) is 10.9. The number of hydrogen-bond acceptors (Lipinski definition) is 5. The third kappa shape index (κ3) is 5.34. The van der Waals surface area contributed by atoms with Gasteiger partial charge in [0, 0.05) is 24.7 Å². The van der Waals surface area contributed by atoms with Crippen LogP contribution in [-0.2, 0) is 6.54 Å². The van der Waals surface area contributed by atoms with Crippen molar-refractivity contribution in [1.29, 1.82) is 0 Å². The van der Waals surface area contributed by atoms with Gasteiger partial charge in [-0.3, -0.25) is 4.79 Å². The average Bonchev–Trinajstić information content (AvgIpc) is 3.17. The van der Waals surface area contributed by atoms with Gasteiger partial charge in [-0.1, -0.05) is 47.1 Å². The van der Waals surface area contributed by atoms with Gasteiger partial charge in [0.2, 0.25) is 5.76 Å². The summed E-state index contributed by atoms with van der Waals surface area (Å²) in [4.78, 5) is 14.4. The number of halogens is 1. The standard InChI is InChI=1S/C21H22ClN3O3/c1-25(2)11-12-27-16-9-7-15(8-10-16)14-23-21(26)20-13-19(24-28-20)17-5-3-4-6-18(17)22/h3-10,13H,11-12,14H2,1-2H3,(H,23,26). The summed E-state index contributed by atoms with van der Waals surface area (Å²) in [5.41, 5.74) is 2.20. The van der Waals surface area contributed by atoms with E-state index in [1.54, 1.807) is 12.1 Å². The third-order valence-corrected chi connectivity index (χ3v) is 4.40. The van der Waals surface area contributed by atoms with Crippen molar-refractivity contribution < 1.29 is 14.1 Å². The van der Waals surface area contributed by atoms with Crippen molar-refractivity contribution in [2.24, 2.45) is 0 Å². The third-order valence-electron chi connectivity index (χ3n) is 4.07. The van der Waals surface area contributed by atoms with Gasteiger partial charge in [-0.15, -0.1) is 0 Å². The Kier molecular flexibility index (Phi) is 6.68. The van der Waals surface area contributed by atoms with Gasteiger partial charge < -0.3 is 19.5 Å². The van der Waals surface area contributed by atoms with Gasteiger partial charge in [-0.25, -0.2) is 0 Å². The van der Waals surface area contributed by atoms with Gasteiger partial charge in [-0.2, -0.15) is 0 Å². The average molecular weight is 400 g/mol. The van der Waals surface area contributed by atoms with Crippen LogP contribution >= 0.6 is 11.6 Å². The zero-order chi connectivity index (χ0) is 19.9. The first kappa shape index (κ1) is 19.9. The van der Waals surface area contributed by atoms with Crippen LogP contribution in [0.3, 0.4) is 0 Å². The minimum Gasteiger partial charge on any atom is -0.492 e.